The van der Waals surface area contributed by atoms with Gasteiger partial charge in [-0.15, -0.1) is 0 Å². The van der Waals surface area contributed by atoms with Crippen LogP contribution in [0.3, 0.4) is 0 Å². The molecule has 0 saturated heterocycles. The van der Waals surface area contributed by atoms with E-state index in [0.717, 1.165) is 0 Å². The summed E-state index contributed by atoms with van der Waals surface area (Å²) < 4.78 is 0.257. The number of nitrogens with zero attached hydrogens (tertiary/aromatic N) is 1. The van der Waals surface area contributed by atoms with Gasteiger partial charge in [0.25, 0.3) is 0 Å². The fourth-order valence-corrected chi connectivity index (χ4v) is 0.0976. The van der Waals surface area contributed by atoms with Gasteiger partial charge in [-0.25, -0.2) is 0 Å². The molecule has 3 nitrogen and oxygen atoms in total. The molecular formula is CHCl2NO2. The third-order valence-electron chi connectivity index (χ3n) is 0.123. The first kappa shape index (κ1) is 6.01. The summed E-state index contributed by atoms with van der Waals surface area (Å²) in [6.45, 7) is 0.111. The second-order valence-electron chi connectivity index (χ2n) is 0.404. The Morgan fingerprint density at radius 1 is 1.67 bits per heavy atom. The van der Waals surface area contributed by atoms with Crippen LogP contribution in [0.1, 0.15) is 0 Å². The molecule has 0 spiro atoms. The number of carbonyl (C=O) groups excluding carboxylic acids is 1. The van der Waals surface area contributed by atoms with E-state index >= 15 is 0 Å². The molecule has 0 aromatic rings. The minimum absolute atomic E-state index is 0.111. The Kier molecular flexibility index (Phi) is 3.21. The van der Waals surface area contributed by atoms with E-state index in [4.69, 9.17) is 23.6 Å². The minimum atomic E-state index is 0.111. The maximum atomic E-state index is 9.18. The fraction of sp³-hybridized carbons (Fsp3) is 0. The molecule has 0 saturated carbocycles. The summed E-state index contributed by atoms with van der Waals surface area (Å²) in [4.78, 5) is 12.9. The second-order valence-corrected chi connectivity index (χ2v) is 1.19. The molecule has 0 aliphatic carbocycles. The largest absolute Gasteiger partial charge is 0.339 e. The van der Waals surface area contributed by atoms with Crippen LogP contribution in [0.25, 0.3) is 0 Å². The Hall–Kier alpha value is 0.01000. The Morgan fingerprint density at radius 3 is 2.17 bits per heavy atom. The zero-order valence-corrected chi connectivity index (χ0v) is 4.11. The maximum Gasteiger partial charge on any atom is 0.316 e. The van der Waals surface area contributed by atoms with Crippen molar-refractivity contribution < 1.29 is 9.63 Å². The first-order valence-electron chi connectivity index (χ1n) is 0.992. The summed E-state index contributed by atoms with van der Waals surface area (Å²) in [7, 11) is 0. The van der Waals surface area contributed by atoms with Crippen LogP contribution in [0.2, 0.25) is 0 Å². The molecule has 0 atom stereocenters. The molecule has 0 N–H and O–H groups in total. The number of hydrogen-bond donors (Lipinski definition) is 0. The van der Waals surface area contributed by atoms with Crippen molar-refractivity contribution >= 4 is 30.0 Å². The van der Waals surface area contributed by atoms with Gasteiger partial charge in [-0.3, -0.25) is 4.79 Å². The summed E-state index contributed by atoms with van der Waals surface area (Å²) in [6.07, 6.45) is 0. The average Bonchev–Trinajstić information content (AvgIpc) is 1.35. The van der Waals surface area contributed by atoms with E-state index in [1.54, 1.807) is 0 Å². The highest BCUT2D eigenvalue weighted by Crippen LogP contribution is 1.94. The standard InChI is InChI=1S/CHCl2NO2/c2-4(3)6-1-5/h1H. The topological polar surface area (TPSA) is 29.5 Å². The van der Waals surface area contributed by atoms with Crippen molar-refractivity contribution in [3.63, 3.8) is 0 Å². The second kappa shape index (κ2) is 3.21. The lowest BCUT2D eigenvalue weighted by atomic mass is 11.6. The Balaban J connectivity index is 2.81. The van der Waals surface area contributed by atoms with E-state index in [2.05, 4.69) is 4.84 Å². The van der Waals surface area contributed by atoms with Crippen LogP contribution < -0.4 is 0 Å². The fourth-order valence-electron chi connectivity index (χ4n) is 0.0325. The molecular weight excluding hydrogens is 129 g/mol. The normalized spacial score (nSPS) is 8.50. The first-order valence-corrected chi connectivity index (χ1v) is 1.67. The van der Waals surface area contributed by atoms with Crippen molar-refractivity contribution in [3.8, 4) is 0 Å². The molecule has 0 aliphatic heterocycles. The number of rotatable bonds is 2. The van der Waals surface area contributed by atoms with Crippen molar-refractivity contribution in [2.45, 2.75) is 0 Å². The van der Waals surface area contributed by atoms with Gasteiger partial charge in [-0.05, 0) is 0 Å². The minimum Gasteiger partial charge on any atom is -0.339 e. The van der Waals surface area contributed by atoms with E-state index < -0.39 is 0 Å². The third kappa shape index (κ3) is 4.01. The molecule has 0 aliphatic rings. The van der Waals surface area contributed by atoms with E-state index in [1.807, 2.05) is 0 Å². The van der Waals surface area contributed by atoms with E-state index in [9.17, 15) is 4.79 Å². The van der Waals surface area contributed by atoms with Crippen molar-refractivity contribution in [2.75, 3.05) is 0 Å². The number of hydrogen-bond acceptors (Lipinski definition) is 3. The molecule has 0 radical (unpaired) electrons. The molecule has 0 heterocycles. The highest BCUT2D eigenvalue weighted by Gasteiger charge is 1.85. The van der Waals surface area contributed by atoms with Crippen LogP contribution >= 0.6 is 23.6 Å². The smallest absolute Gasteiger partial charge is 0.316 e. The van der Waals surface area contributed by atoms with Crippen LogP contribution in [-0.2, 0) is 9.63 Å². The molecule has 0 unspecified atom stereocenters. The van der Waals surface area contributed by atoms with Crippen molar-refractivity contribution in [1.82, 2.24) is 4.10 Å². The molecule has 0 aromatic carbocycles. The van der Waals surface area contributed by atoms with Gasteiger partial charge < -0.3 is 4.84 Å². The van der Waals surface area contributed by atoms with Crippen molar-refractivity contribution in [3.05, 3.63) is 0 Å². The summed E-state index contributed by atoms with van der Waals surface area (Å²) in [5.41, 5.74) is 0. The van der Waals surface area contributed by atoms with E-state index in [0.29, 0.717) is 0 Å². The quantitative estimate of drug-likeness (QED) is 0.312. The first-order chi connectivity index (χ1) is 2.77. The van der Waals surface area contributed by atoms with Gasteiger partial charge in [0.2, 0.25) is 0 Å². The van der Waals surface area contributed by atoms with Gasteiger partial charge in [-0.1, -0.05) is 0 Å². The van der Waals surface area contributed by atoms with Gasteiger partial charge >= 0.3 is 6.47 Å². The molecule has 36 valence electrons. The Bertz CT molecular complexity index is 46.8. The summed E-state index contributed by atoms with van der Waals surface area (Å²) in [5.74, 6) is 0. The van der Waals surface area contributed by atoms with Crippen LogP contribution in [0.5, 0.6) is 0 Å². The zero-order chi connectivity index (χ0) is 4.99. The third-order valence-corrected chi connectivity index (χ3v) is 0.282. The van der Waals surface area contributed by atoms with Crippen LogP contribution in [0, 0.1) is 0 Å². The number of carbonyl (C=O) groups is 1. The van der Waals surface area contributed by atoms with Crippen molar-refractivity contribution in [2.24, 2.45) is 0 Å². The summed E-state index contributed by atoms with van der Waals surface area (Å²) in [5, 5.41) is 0. The predicted molar refractivity (Wildman–Crippen MR) is 20.7 cm³/mol. The Morgan fingerprint density at radius 2 is 2.17 bits per heavy atom. The summed E-state index contributed by atoms with van der Waals surface area (Å²) >= 11 is 9.45. The SMILES string of the molecule is O=CON(Cl)Cl. The van der Waals surface area contributed by atoms with Gasteiger partial charge in [0.05, 0.1) is 0 Å². The highest BCUT2D eigenvalue weighted by atomic mass is 35.5. The average molecular weight is 130 g/mol. The summed E-state index contributed by atoms with van der Waals surface area (Å²) in [6, 6.07) is 0. The lowest BCUT2D eigenvalue weighted by Gasteiger charge is -1.92. The molecule has 6 heavy (non-hydrogen) atoms. The molecule has 0 fully saturated rings. The van der Waals surface area contributed by atoms with Crippen molar-refractivity contribution in [1.29, 1.82) is 0 Å². The molecule has 0 bridgehead atoms. The molecule has 0 rings (SSSR count). The Labute approximate surface area is 44.6 Å². The van der Waals surface area contributed by atoms with E-state index in [1.165, 1.54) is 0 Å². The lowest BCUT2D eigenvalue weighted by molar-refractivity contribution is -0.141. The molecule has 0 aromatic heterocycles. The monoisotopic (exact) mass is 129 g/mol. The van der Waals surface area contributed by atoms with E-state index in [-0.39, 0.29) is 10.6 Å². The number of halogens is 2. The highest BCUT2D eigenvalue weighted by molar-refractivity contribution is 6.32. The van der Waals surface area contributed by atoms with Crippen LogP contribution in [0.15, 0.2) is 0 Å². The van der Waals surface area contributed by atoms with Crippen LogP contribution in [0.4, 0.5) is 0 Å². The molecule has 0 amide bonds. The van der Waals surface area contributed by atoms with Crippen LogP contribution in [-0.4, -0.2) is 10.6 Å². The van der Waals surface area contributed by atoms with Gasteiger partial charge in [-0.2, -0.15) is 0 Å². The van der Waals surface area contributed by atoms with Gasteiger partial charge in [0.1, 0.15) is 0 Å². The zero-order valence-electron chi connectivity index (χ0n) is 2.60. The van der Waals surface area contributed by atoms with Gasteiger partial charge in [0, 0.05) is 27.7 Å². The predicted octanol–water partition coefficient (Wildman–Crippen LogP) is 0.684. The molecule has 5 heteroatoms. The lowest BCUT2D eigenvalue weighted by Crippen LogP contribution is -1.94. The van der Waals surface area contributed by atoms with Gasteiger partial charge in [0.15, 0.2) is 0 Å². The maximum absolute atomic E-state index is 9.18.